The van der Waals surface area contributed by atoms with Crippen LogP contribution in [-0.2, 0) is 14.9 Å². The minimum Gasteiger partial charge on any atom is -0.508 e. The SMILES string of the molecule is O=S(=O)(Oc1ccccc1)[C@H]1CC2OC1C(c1ccc(O)cc1)=C2c1ccc(O)cc1. The van der Waals surface area contributed by atoms with Gasteiger partial charge >= 0.3 is 10.1 Å². The van der Waals surface area contributed by atoms with Crippen LogP contribution in [0.3, 0.4) is 0 Å². The van der Waals surface area contributed by atoms with E-state index in [1.165, 1.54) is 0 Å². The van der Waals surface area contributed by atoms with Crippen LogP contribution in [0.15, 0.2) is 78.9 Å². The number of hydrogen-bond acceptors (Lipinski definition) is 6. The van der Waals surface area contributed by atoms with E-state index in [0.717, 1.165) is 22.3 Å². The Kier molecular flexibility index (Phi) is 4.72. The Morgan fingerprint density at radius 3 is 1.90 bits per heavy atom. The van der Waals surface area contributed by atoms with E-state index in [1.807, 2.05) is 0 Å². The summed E-state index contributed by atoms with van der Waals surface area (Å²) in [6.07, 6.45) is -0.845. The molecule has 1 fully saturated rings. The van der Waals surface area contributed by atoms with E-state index in [-0.39, 0.29) is 23.7 Å². The van der Waals surface area contributed by atoms with Gasteiger partial charge in [0.15, 0.2) is 0 Å². The quantitative estimate of drug-likeness (QED) is 0.588. The van der Waals surface area contributed by atoms with Crippen LogP contribution in [-0.4, -0.2) is 36.1 Å². The monoisotopic (exact) mass is 436 g/mol. The smallest absolute Gasteiger partial charge is 0.315 e. The molecule has 0 aliphatic carbocycles. The van der Waals surface area contributed by atoms with Gasteiger partial charge in [-0.05, 0) is 58.7 Å². The van der Waals surface area contributed by atoms with E-state index in [0.29, 0.717) is 0 Å². The molecule has 2 unspecified atom stereocenters. The Bertz CT molecular complexity index is 1230. The molecule has 0 saturated carbocycles. The predicted molar refractivity (Wildman–Crippen MR) is 116 cm³/mol. The molecule has 2 aliphatic heterocycles. The van der Waals surface area contributed by atoms with E-state index >= 15 is 0 Å². The number of ether oxygens (including phenoxy) is 1. The van der Waals surface area contributed by atoms with E-state index in [4.69, 9.17) is 8.92 Å². The molecular weight excluding hydrogens is 416 g/mol. The Balaban J connectivity index is 1.58. The summed E-state index contributed by atoms with van der Waals surface area (Å²) in [5.41, 5.74) is 3.27. The number of aromatic hydroxyl groups is 2. The third-order valence-corrected chi connectivity index (χ3v) is 7.28. The first kappa shape index (κ1) is 19.7. The predicted octanol–water partition coefficient (Wildman–Crippen LogP) is 3.96. The second-order valence-corrected chi connectivity index (χ2v) is 9.39. The molecule has 3 aromatic rings. The van der Waals surface area contributed by atoms with Crippen molar-refractivity contribution in [1.82, 2.24) is 0 Å². The van der Waals surface area contributed by atoms with Gasteiger partial charge in [0.2, 0.25) is 0 Å². The average molecular weight is 436 g/mol. The van der Waals surface area contributed by atoms with Crippen molar-refractivity contribution in [2.45, 2.75) is 23.9 Å². The van der Waals surface area contributed by atoms with Gasteiger partial charge in [0.1, 0.15) is 28.6 Å². The van der Waals surface area contributed by atoms with Gasteiger partial charge in [0.25, 0.3) is 0 Å². The third kappa shape index (κ3) is 3.56. The highest BCUT2D eigenvalue weighted by atomic mass is 32.2. The van der Waals surface area contributed by atoms with Gasteiger partial charge in [0.05, 0.1) is 6.10 Å². The van der Waals surface area contributed by atoms with Crippen molar-refractivity contribution < 1.29 is 27.6 Å². The van der Waals surface area contributed by atoms with Gasteiger partial charge in [-0.15, -0.1) is 0 Å². The molecule has 3 aromatic carbocycles. The summed E-state index contributed by atoms with van der Waals surface area (Å²) in [6.45, 7) is 0. The summed E-state index contributed by atoms with van der Waals surface area (Å²) in [5.74, 6) is 0.534. The molecular formula is C24H20O6S. The van der Waals surface area contributed by atoms with Crippen molar-refractivity contribution in [3.8, 4) is 17.2 Å². The minimum absolute atomic E-state index is 0.121. The lowest BCUT2D eigenvalue weighted by molar-refractivity contribution is 0.128. The molecule has 0 amide bonds. The second-order valence-electron chi connectivity index (χ2n) is 7.63. The van der Waals surface area contributed by atoms with Crippen LogP contribution in [0.2, 0.25) is 0 Å². The molecule has 0 aromatic heterocycles. The molecule has 6 nitrogen and oxygen atoms in total. The zero-order valence-corrected chi connectivity index (χ0v) is 17.2. The molecule has 2 heterocycles. The van der Waals surface area contributed by atoms with Crippen molar-refractivity contribution in [3.05, 3.63) is 90.0 Å². The maximum Gasteiger partial charge on any atom is 0.315 e. The summed E-state index contributed by atoms with van der Waals surface area (Å²) in [7, 11) is -3.95. The van der Waals surface area contributed by atoms with Crippen LogP contribution in [0.25, 0.3) is 11.1 Å². The van der Waals surface area contributed by atoms with E-state index < -0.39 is 27.6 Å². The largest absolute Gasteiger partial charge is 0.508 e. The van der Waals surface area contributed by atoms with Crippen LogP contribution < -0.4 is 4.18 Å². The van der Waals surface area contributed by atoms with Gasteiger partial charge in [-0.1, -0.05) is 42.5 Å². The van der Waals surface area contributed by atoms with Crippen LogP contribution in [0.4, 0.5) is 0 Å². The second kappa shape index (κ2) is 7.44. The molecule has 0 spiro atoms. The average Bonchev–Trinajstić information content (AvgIpc) is 3.35. The number of benzene rings is 3. The fraction of sp³-hybridized carbons (Fsp3) is 0.167. The molecule has 7 heteroatoms. The van der Waals surface area contributed by atoms with Crippen LogP contribution in [0, 0.1) is 0 Å². The molecule has 5 rings (SSSR count). The standard InChI is InChI=1S/C24H20O6S/c25-17-10-6-15(7-11-17)22-20-14-21(31(27,28)30-19-4-2-1-3-5-19)24(29-20)23(22)16-8-12-18(26)13-9-16/h1-13,20-21,24-26H,14H2/t20?,21-,24?/m0/s1. The van der Waals surface area contributed by atoms with Crippen molar-refractivity contribution in [1.29, 1.82) is 0 Å². The van der Waals surface area contributed by atoms with E-state index in [1.54, 1.807) is 78.9 Å². The minimum atomic E-state index is -3.95. The maximum atomic E-state index is 13.1. The summed E-state index contributed by atoms with van der Waals surface area (Å²) in [5, 5.41) is 18.5. The van der Waals surface area contributed by atoms with Crippen LogP contribution in [0.5, 0.6) is 17.2 Å². The highest BCUT2D eigenvalue weighted by molar-refractivity contribution is 7.87. The van der Waals surface area contributed by atoms with Crippen molar-refractivity contribution >= 4 is 21.3 Å². The highest BCUT2D eigenvalue weighted by Gasteiger charge is 2.53. The zero-order chi connectivity index (χ0) is 21.6. The topological polar surface area (TPSA) is 93.1 Å². The lowest BCUT2D eigenvalue weighted by Crippen LogP contribution is -2.35. The summed E-state index contributed by atoms with van der Waals surface area (Å²) in [4.78, 5) is 0. The molecule has 2 N–H and O–H groups in total. The highest BCUT2D eigenvalue weighted by Crippen LogP contribution is 2.51. The lowest BCUT2D eigenvalue weighted by atomic mass is 9.83. The number of fused-ring (bicyclic) bond motifs is 2. The maximum absolute atomic E-state index is 13.1. The number of hydrogen-bond donors (Lipinski definition) is 2. The van der Waals surface area contributed by atoms with Gasteiger partial charge in [-0.3, -0.25) is 0 Å². The fourth-order valence-corrected chi connectivity index (χ4v) is 5.72. The number of phenolic OH excluding ortho intramolecular Hbond substituents is 2. The lowest BCUT2D eigenvalue weighted by Gasteiger charge is -2.24. The Morgan fingerprint density at radius 1 is 0.774 bits per heavy atom. The summed E-state index contributed by atoms with van der Waals surface area (Å²) < 4.78 is 37.8. The normalized spacial score (nSPS) is 22.6. The number of para-hydroxylation sites is 1. The molecule has 31 heavy (non-hydrogen) atoms. The van der Waals surface area contributed by atoms with E-state index in [9.17, 15) is 18.6 Å². The molecule has 2 aliphatic rings. The van der Waals surface area contributed by atoms with Crippen molar-refractivity contribution in [3.63, 3.8) is 0 Å². The fourth-order valence-electron chi connectivity index (χ4n) is 4.31. The summed E-state index contributed by atoms with van der Waals surface area (Å²) >= 11 is 0. The summed E-state index contributed by atoms with van der Waals surface area (Å²) in [6, 6.07) is 21.8. The van der Waals surface area contributed by atoms with Crippen LogP contribution in [0.1, 0.15) is 17.5 Å². The third-order valence-electron chi connectivity index (χ3n) is 5.67. The number of rotatable bonds is 5. The van der Waals surface area contributed by atoms with Crippen molar-refractivity contribution in [2.24, 2.45) is 0 Å². The van der Waals surface area contributed by atoms with E-state index in [2.05, 4.69) is 0 Å². The first-order valence-electron chi connectivity index (χ1n) is 9.89. The van der Waals surface area contributed by atoms with Crippen LogP contribution >= 0.6 is 0 Å². The molecule has 2 bridgehead atoms. The van der Waals surface area contributed by atoms with Gasteiger partial charge in [0, 0.05) is 6.42 Å². The molecule has 3 atom stereocenters. The molecule has 1 saturated heterocycles. The first-order valence-corrected chi connectivity index (χ1v) is 11.4. The van der Waals surface area contributed by atoms with Gasteiger partial charge in [-0.25, -0.2) is 0 Å². The zero-order valence-electron chi connectivity index (χ0n) is 16.4. The Labute approximate surface area is 180 Å². The Hall–Kier alpha value is -3.29. The first-order chi connectivity index (χ1) is 14.9. The van der Waals surface area contributed by atoms with Crippen molar-refractivity contribution in [2.75, 3.05) is 0 Å². The number of phenols is 2. The molecule has 0 radical (unpaired) electrons. The molecule has 158 valence electrons. The Morgan fingerprint density at radius 2 is 1.32 bits per heavy atom. The van der Waals surface area contributed by atoms with Gasteiger partial charge < -0.3 is 19.1 Å². The van der Waals surface area contributed by atoms with Gasteiger partial charge in [-0.2, -0.15) is 8.42 Å².